The molecule has 94 valence electrons. The van der Waals surface area contributed by atoms with Crippen molar-refractivity contribution < 1.29 is 22.8 Å². The van der Waals surface area contributed by atoms with Gasteiger partial charge in [0, 0.05) is 19.5 Å². The van der Waals surface area contributed by atoms with Crippen LogP contribution < -0.4 is 5.48 Å². The second-order valence-corrected chi connectivity index (χ2v) is 5.40. The zero-order valence-corrected chi connectivity index (χ0v) is 9.96. The average Bonchev–Trinajstić information content (AvgIpc) is 2.28. The summed E-state index contributed by atoms with van der Waals surface area (Å²) in [6.45, 7) is 1.52. The molecule has 7 nitrogen and oxygen atoms in total. The van der Waals surface area contributed by atoms with Gasteiger partial charge in [0.2, 0.25) is 15.9 Å². The Balaban J connectivity index is 2.41. The van der Waals surface area contributed by atoms with Gasteiger partial charge in [-0.2, -0.15) is 4.31 Å². The third-order valence-electron chi connectivity index (χ3n) is 2.17. The van der Waals surface area contributed by atoms with E-state index in [1.54, 1.807) is 0 Å². The zero-order valence-electron chi connectivity index (χ0n) is 9.14. The molecule has 0 aliphatic carbocycles. The Bertz CT molecular complexity index is 323. The minimum atomic E-state index is -3.36. The maximum Gasteiger partial charge on any atom is 0.244 e. The predicted molar refractivity (Wildman–Crippen MR) is 55.9 cm³/mol. The SMILES string of the molecule is CONC(=O)CCS(=O)(=O)N1CCOCC1. The van der Waals surface area contributed by atoms with E-state index in [-0.39, 0.29) is 12.2 Å². The van der Waals surface area contributed by atoms with Crippen LogP contribution in [0.3, 0.4) is 0 Å². The molecule has 0 unspecified atom stereocenters. The highest BCUT2D eigenvalue weighted by molar-refractivity contribution is 7.89. The number of morpholine rings is 1. The summed E-state index contributed by atoms with van der Waals surface area (Å²) in [6.07, 6.45) is -0.104. The van der Waals surface area contributed by atoms with Crippen LogP contribution in [0.15, 0.2) is 0 Å². The van der Waals surface area contributed by atoms with E-state index in [9.17, 15) is 13.2 Å². The lowest BCUT2D eigenvalue weighted by molar-refractivity contribution is -0.130. The summed E-state index contributed by atoms with van der Waals surface area (Å²) in [6, 6.07) is 0. The number of carbonyl (C=O) groups is 1. The number of nitrogens with zero attached hydrogens (tertiary/aromatic N) is 1. The molecular weight excluding hydrogens is 236 g/mol. The predicted octanol–water partition coefficient (Wildman–Crippen LogP) is -1.28. The summed E-state index contributed by atoms with van der Waals surface area (Å²) >= 11 is 0. The van der Waals surface area contributed by atoms with E-state index in [0.717, 1.165) is 0 Å². The summed E-state index contributed by atoms with van der Waals surface area (Å²) in [4.78, 5) is 15.4. The standard InChI is InChI=1S/C8H16N2O5S/c1-14-9-8(11)2-7-16(12,13)10-3-5-15-6-4-10/h2-7H2,1H3,(H,9,11). The quantitative estimate of drug-likeness (QED) is 0.616. The van der Waals surface area contributed by atoms with E-state index in [1.165, 1.54) is 11.4 Å². The molecule has 0 radical (unpaired) electrons. The number of sulfonamides is 1. The second kappa shape index (κ2) is 6.14. The van der Waals surface area contributed by atoms with Crippen molar-refractivity contribution >= 4 is 15.9 Å². The number of amides is 1. The lowest BCUT2D eigenvalue weighted by Crippen LogP contribution is -2.42. The van der Waals surface area contributed by atoms with Gasteiger partial charge in [-0.05, 0) is 0 Å². The molecule has 1 heterocycles. The molecule has 1 fully saturated rings. The first-order valence-electron chi connectivity index (χ1n) is 4.93. The zero-order chi connectivity index (χ0) is 12.0. The Labute approximate surface area is 94.7 Å². The normalized spacial score (nSPS) is 18.3. The molecule has 0 aromatic rings. The average molecular weight is 252 g/mol. The number of ether oxygens (including phenoxy) is 1. The summed E-state index contributed by atoms with van der Waals surface area (Å²) < 4.78 is 29.9. The van der Waals surface area contributed by atoms with Crippen molar-refractivity contribution in [2.24, 2.45) is 0 Å². The number of hydrogen-bond acceptors (Lipinski definition) is 5. The van der Waals surface area contributed by atoms with Gasteiger partial charge in [0.1, 0.15) is 0 Å². The number of carbonyl (C=O) groups excluding carboxylic acids is 1. The van der Waals surface area contributed by atoms with Crippen molar-refractivity contribution in [1.29, 1.82) is 0 Å². The van der Waals surface area contributed by atoms with Crippen molar-refractivity contribution in [1.82, 2.24) is 9.79 Å². The molecule has 1 rings (SSSR count). The van der Waals surface area contributed by atoms with Crippen molar-refractivity contribution in [3.05, 3.63) is 0 Å². The lowest BCUT2D eigenvalue weighted by Gasteiger charge is -2.25. The van der Waals surface area contributed by atoms with Gasteiger partial charge >= 0.3 is 0 Å². The molecule has 0 bridgehead atoms. The minimum Gasteiger partial charge on any atom is -0.379 e. The van der Waals surface area contributed by atoms with Gasteiger partial charge in [0.25, 0.3) is 0 Å². The molecule has 1 N–H and O–H groups in total. The topological polar surface area (TPSA) is 84.9 Å². The molecule has 0 aromatic heterocycles. The van der Waals surface area contributed by atoms with Crippen molar-refractivity contribution in [2.45, 2.75) is 6.42 Å². The van der Waals surface area contributed by atoms with Crippen LogP contribution in [0.2, 0.25) is 0 Å². The molecule has 8 heteroatoms. The highest BCUT2D eigenvalue weighted by Crippen LogP contribution is 2.06. The molecular formula is C8H16N2O5S. The van der Waals surface area contributed by atoms with Crippen molar-refractivity contribution in [3.63, 3.8) is 0 Å². The van der Waals surface area contributed by atoms with E-state index in [2.05, 4.69) is 10.3 Å². The van der Waals surface area contributed by atoms with Gasteiger partial charge in [-0.1, -0.05) is 0 Å². The van der Waals surface area contributed by atoms with Crippen LogP contribution in [-0.4, -0.2) is 57.8 Å². The fourth-order valence-corrected chi connectivity index (χ4v) is 2.75. The number of rotatable bonds is 5. The third kappa shape index (κ3) is 4.05. The molecule has 1 aliphatic rings. The maximum absolute atomic E-state index is 11.7. The maximum atomic E-state index is 11.7. The van der Waals surface area contributed by atoms with Gasteiger partial charge in [-0.15, -0.1) is 0 Å². The van der Waals surface area contributed by atoms with Crippen LogP contribution >= 0.6 is 0 Å². The molecule has 0 aromatic carbocycles. The van der Waals surface area contributed by atoms with Gasteiger partial charge in [-0.3, -0.25) is 9.63 Å². The fraction of sp³-hybridized carbons (Fsp3) is 0.875. The van der Waals surface area contributed by atoms with Crippen LogP contribution in [0.4, 0.5) is 0 Å². The third-order valence-corrected chi connectivity index (χ3v) is 4.04. The molecule has 1 aliphatic heterocycles. The lowest BCUT2D eigenvalue weighted by atomic mass is 10.5. The number of nitrogens with one attached hydrogen (secondary N) is 1. The van der Waals surface area contributed by atoms with Crippen LogP contribution in [-0.2, 0) is 24.4 Å². The van der Waals surface area contributed by atoms with E-state index < -0.39 is 15.9 Å². The summed E-state index contributed by atoms with van der Waals surface area (Å²) in [5, 5.41) is 0. The Kier molecular flexibility index (Phi) is 5.13. The van der Waals surface area contributed by atoms with Gasteiger partial charge in [0.15, 0.2) is 0 Å². The first kappa shape index (κ1) is 13.4. The Morgan fingerprint density at radius 3 is 2.62 bits per heavy atom. The molecule has 0 atom stereocenters. The van der Waals surface area contributed by atoms with Crippen LogP contribution in [0.5, 0.6) is 0 Å². The second-order valence-electron chi connectivity index (χ2n) is 3.31. The number of hydrogen-bond donors (Lipinski definition) is 1. The molecule has 1 amide bonds. The summed E-state index contributed by atoms with van der Waals surface area (Å²) in [5.74, 6) is -0.651. The molecule has 1 saturated heterocycles. The molecule has 0 spiro atoms. The van der Waals surface area contributed by atoms with Gasteiger partial charge in [0.05, 0.1) is 26.1 Å². The Morgan fingerprint density at radius 2 is 2.06 bits per heavy atom. The monoisotopic (exact) mass is 252 g/mol. The van der Waals surface area contributed by atoms with E-state index in [4.69, 9.17) is 4.74 Å². The fourth-order valence-electron chi connectivity index (χ4n) is 1.34. The molecule has 0 saturated carbocycles. The number of hydroxylamine groups is 1. The summed E-state index contributed by atoms with van der Waals surface area (Å²) in [7, 11) is -2.06. The highest BCUT2D eigenvalue weighted by atomic mass is 32.2. The Morgan fingerprint density at radius 1 is 1.44 bits per heavy atom. The van der Waals surface area contributed by atoms with Gasteiger partial charge in [-0.25, -0.2) is 13.9 Å². The van der Waals surface area contributed by atoms with Crippen LogP contribution in [0.1, 0.15) is 6.42 Å². The molecule has 16 heavy (non-hydrogen) atoms. The highest BCUT2D eigenvalue weighted by Gasteiger charge is 2.24. The Hall–Kier alpha value is -0.700. The summed E-state index contributed by atoms with van der Waals surface area (Å²) in [5.41, 5.74) is 2.07. The van der Waals surface area contributed by atoms with Crippen LogP contribution in [0, 0.1) is 0 Å². The first-order chi connectivity index (χ1) is 7.56. The minimum absolute atomic E-state index is 0.104. The smallest absolute Gasteiger partial charge is 0.244 e. The van der Waals surface area contributed by atoms with Crippen LogP contribution in [0.25, 0.3) is 0 Å². The van der Waals surface area contributed by atoms with E-state index >= 15 is 0 Å². The van der Waals surface area contributed by atoms with E-state index in [0.29, 0.717) is 26.3 Å². The van der Waals surface area contributed by atoms with Gasteiger partial charge < -0.3 is 4.74 Å². The first-order valence-corrected chi connectivity index (χ1v) is 6.54. The van der Waals surface area contributed by atoms with Crippen molar-refractivity contribution in [3.8, 4) is 0 Å². The van der Waals surface area contributed by atoms with Crippen molar-refractivity contribution in [2.75, 3.05) is 39.2 Å². The largest absolute Gasteiger partial charge is 0.379 e. The van der Waals surface area contributed by atoms with E-state index in [1.807, 2.05) is 0 Å².